The minimum Gasteiger partial charge on any atom is -0.336 e. The third-order valence-corrected chi connectivity index (χ3v) is 5.34. The Bertz CT molecular complexity index is 828. The molecule has 0 saturated carbocycles. The summed E-state index contributed by atoms with van der Waals surface area (Å²) < 4.78 is 0. The van der Waals surface area contributed by atoms with Crippen molar-refractivity contribution in [1.82, 2.24) is 9.80 Å². The van der Waals surface area contributed by atoms with Crippen LogP contribution in [0.3, 0.4) is 0 Å². The Balaban J connectivity index is 1.63. The Hall–Kier alpha value is -2.37. The van der Waals surface area contributed by atoms with Crippen molar-refractivity contribution in [3.63, 3.8) is 0 Å². The van der Waals surface area contributed by atoms with Crippen LogP contribution in [-0.4, -0.2) is 54.3 Å². The molecule has 1 fully saturated rings. The molecule has 1 heterocycles. The minimum atomic E-state index is -0.231. The normalized spacial score (nSPS) is 14.9. The number of aryl methyl sites for hydroxylation is 1. The van der Waals surface area contributed by atoms with Crippen LogP contribution >= 0.6 is 11.6 Å². The van der Waals surface area contributed by atoms with Crippen LogP contribution in [0.15, 0.2) is 42.5 Å². The van der Waals surface area contributed by atoms with Gasteiger partial charge in [-0.25, -0.2) is 0 Å². The first-order chi connectivity index (χ1) is 13.0. The van der Waals surface area contributed by atoms with Gasteiger partial charge in [0.05, 0.1) is 0 Å². The number of nitrogens with one attached hydrogen (secondary N) is 1. The molecule has 142 valence electrons. The van der Waals surface area contributed by atoms with Gasteiger partial charge in [0, 0.05) is 48.0 Å². The van der Waals surface area contributed by atoms with E-state index in [0.29, 0.717) is 21.8 Å². The fraction of sp³-hybridized carbons (Fsp3) is 0.333. The van der Waals surface area contributed by atoms with E-state index < -0.39 is 0 Å². The molecule has 0 bridgehead atoms. The summed E-state index contributed by atoms with van der Waals surface area (Å²) in [6, 6.07) is 12.2. The smallest absolute Gasteiger partial charge is 0.255 e. The number of benzene rings is 2. The number of halogens is 1. The van der Waals surface area contributed by atoms with Gasteiger partial charge in [0.2, 0.25) is 0 Å². The zero-order valence-electron chi connectivity index (χ0n) is 15.7. The molecule has 27 heavy (non-hydrogen) atoms. The summed E-state index contributed by atoms with van der Waals surface area (Å²) in [7, 11) is 0. The third kappa shape index (κ3) is 4.67. The van der Waals surface area contributed by atoms with Crippen molar-refractivity contribution >= 4 is 29.1 Å². The fourth-order valence-corrected chi connectivity index (χ4v) is 3.27. The van der Waals surface area contributed by atoms with Gasteiger partial charge in [-0.1, -0.05) is 24.6 Å². The molecule has 0 unspecified atom stereocenters. The van der Waals surface area contributed by atoms with Crippen LogP contribution in [0.2, 0.25) is 5.02 Å². The van der Waals surface area contributed by atoms with Crippen molar-refractivity contribution in [1.29, 1.82) is 0 Å². The van der Waals surface area contributed by atoms with Gasteiger partial charge in [0.15, 0.2) is 0 Å². The topological polar surface area (TPSA) is 52.7 Å². The standard InChI is InChI=1S/C21H24ClN3O2/c1-3-24-10-12-25(13-11-24)21(27)17-7-5-16(6-8-17)20(26)23-18-9-4-15(2)19(22)14-18/h4-9,14H,3,10-13H2,1-2H3,(H,23,26). The Morgan fingerprint density at radius 1 is 1.00 bits per heavy atom. The molecular formula is C21H24ClN3O2. The summed E-state index contributed by atoms with van der Waals surface area (Å²) >= 11 is 6.09. The minimum absolute atomic E-state index is 0.0167. The molecule has 5 nitrogen and oxygen atoms in total. The van der Waals surface area contributed by atoms with Crippen LogP contribution in [0.1, 0.15) is 33.2 Å². The second-order valence-corrected chi connectivity index (χ2v) is 7.13. The van der Waals surface area contributed by atoms with Crippen molar-refractivity contribution in [3.8, 4) is 0 Å². The predicted octanol–water partition coefficient (Wildman–Crippen LogP) is 3.68. The van der Waals surface area contributed by atoms with E-state index in [2.05, 4.69) is 17.1 Å². The third-order valence-electron chi connectivity index (χ3n) is 4.93. The molecule has 1 N–H and O–H groups in total. The molecule has 2 aromatic carbocycles. The van der Waals surface area contributed by atoms with Crippen molar-refractivity contribution < 1.29 is 9.59 Å². The van der Waals surface area contributed by atoms with E-state index >= 15 is 0 Å². The summed E-state index contributed by atoms with van der Waals surface area (Å²) in [4.78, 5) is 29.2. The number of nitrogens with zero attached hydrogens (tertiary/aromatic N) is 2. The summed E-state index contributed by atoms with van der Waals surface area (Å²) in [5.74, 6) is -0.214. The predicted molar refractivity (Wildman–Crippen MR) is 109 cm³/mol. The molecule has 0 aromatic heterocycles. The van der Waals surface area contributed by atoms with Crippen LogP contribution in [-0.2, 0) is 0 Å². The largest absolute Gasteiger partial charge is 0.336 e. The molecule has 6 heteroatoms. The number of hydrogen-bond acceptors (Lipinski definition) is 3. The van der Waals surface area contributed by atoms with Gasteiger partial charge in [0.25, 0.3) is 11.8 Å². The van der Waals surface area contributed by atoms with E-state index in [9.17, 15) is 9.59 Å². The molecule has 3 rings (SSSR count). The maximum absolute atomic E-state index is 12.6. The fourth-order valence-electron chi connectivity index (χ4n) is 3.09. The maximum Gasteiger partial charge on any atom is 0.255 e. The second-order valence-electron chi connectivity index (χ2n) is 6.72. The molecule has 0 aliphatic carbocycles. The van der Waals surface area contributed by atoms with Crippen molar-refractivity contribution in [3.05, 3.63) is 64.2 Å². The second kappa shape index (κ2) is 8.55. The van der Waals surface area contributed by atoms with Crippen molar-refractivity contribution in [2.24, 2.45) is 0 Å². The van der Waals surface area contributed by atoms with Crippen molar-refractivity contribution in [2.75, 3.05) is 38.0 Å². The zero-order chi connectivity index (χ0) is 19.4. The lowest BCUT2D eigenvalue weighted by Crippen LogP contribution is -2.48. The Morgan fingerprint density at radius 3 is 2.22 bits per heavy atom. The van der Waals surface area contributed by atoms with Crippen molar-refractivity contribution in [2.45, 2.75) is 13.8 Å². The summed E-state index contributed by atoms with van der Waals surface area (Å²) in [6.45, 7) is 8.34. The summed E-state index contributed by atoms with van der Waals surface area (Å²) in [5.41, 5.74) is 2.70. The first-order valence-electron chi connectivity index (χ1n) is 9.17. The molecule has 0 spiro atoms. The average molecular weight is 386 g/mol. The van der Waals surface area contributed by atoms with Gasteiger partial charge in [0.1, 0.15) is 0 Å². The lowest BCUT2D eigenvalue weighted by molar-refractivity contribution is 0.0643. The quantitative estimate of drug-likeness (QED) is 0.873. The number of carbonyl (C=O) groups is 2. The molecular weight excluding hydrogens is 362 g/mol. The van der Waals surface area contributed by atoms with Gasteiger partial charge in [-0.3, -0.25) is 9.59 Å². The van der Waals surface area contributed by atoms with E-state index in [1.54, 1.807) is 30.3 Å². The zero-order valence-corrected chi connectivity index (χ0v) is 16.4. The van der Waals surface area contributed by atoms with Crippen LogP contribution < -0.4 is 5.32 Å². The number of amides is 2. The van der Waals surface area contributed by atoms with E-state index in [4.69, 9.17) is 11.6 Å². The Morgan fingerprint density at radius 2 is 1.63 bits per heavy atom. The molecule has 0 atom stereocenters. The lowest BCUT2D eigenvalue weighted by Gasteiger charge is -2.34. The molecule has 2 amide bonds. The molecule has 1 aliphatic heterocycles. The average Bonchev–Trinajstić information content (AvgIpc) is 2.70. The molecule has 0 radical (unpaired) electrons. The molecule has 2 aromatic rings. The van der Waals surface area contributed by atoms with Crippen LogP contribution in [0.5, 0.6) is 0 Å². The van der Waals surface area contributed by atoms with Gasteiger partial charge < -0.3 is 15.1 Å². The number of carbonyl (C=O) groups excluding carboxylic acids is 2. The number of anilines is 1. The summed E-state index contributed by atoms with van der Waals surface area (Å²) in [6.07, 6.45) is 0. The van der Waals surface area contributed by atoms with Crippen LogP contribution in [0.25, 0.3) is 0 Å². The number of likely N-dealkylation sites (N-methyl/N-ethyl adjacent to an activating group) is 1. The van der Waals surface area contributed by atoms with E-state index in [-0.39, 0.29) is 11.8 Å². The maximum atomic E-state index is 12.6. The molecule has 1 saturated heterocycles. The number of piperazine rings is 1. The van der Waals surface area contributed by atoms with E-state index in [1.807, 2.05) is 24.0 Å². The van der Waals surface area contributed by atoms with E-state index in [0.717, 1.165) is 38.3 Å². The van der Waals surface area contributed by atoms with Gasteiger partial charge in [-0.15, -0.1) is 0 Å². The van der Waals surface area contributed by atoms with E-state index in [1.165, 1.54) is 0 Å². The first kappa shape index (κ1) is 19.4. The highest BCUT2D eigenvalue weighted by Crippen LogP contribution is 2.20. The highest BCUT2D eigenvalue weighted by Gasteiger charge is 2.21. The number of hydrogen-bond donors (Lipinski definition) is 1. The lowest BCUT2D eigenvalue weighted by atomic mass is 10.1. The summed E-state index contributed by atoms with van der Waals surface area (Å²) in [5, 5.41) is 3.43. The highest BCUT2D eigenvalue weighted by molar-refractivity contribution is 6.31. The monoisotopic (exact) mass is 385 g/mol. The van der Waals surface area contributed by atoms with Gasteiger partial charge >= 0.3 is 0 Å². The van der Waals surface area contributed by atoms with Gasteiger partial charge in [-0.05, 0) is 55.4 Å². The molecule has 1 aliphatic rings. The number of rotatable bonds is 4. The van der Waals surface area contributed by atoms with Crippen LogP contribution in [0, 0.1) is 6.92 Å². The SMILES string of the molecule is CCN1CCN(C(=O)c2ccc(C(=O)Nc3ccc(C)c(Cl)c3)cc2)CC1. The van der Waals surface area contributed by atoms with Crippen LogP contribution in [0.4, 0.5) is 5.69 Å². The Kier molecular flexibility index (Phi) is 6.14. The van der Waals surface area contributed by atoms with Gasteiger partial charge in [-0.2, -0.15) is 0 Å². The highest BCUT2D eigenvalue weighted by atomic mass is 35.5. The first-order valence-corrected chi connectivity index (χ1v) is 9.55. The Labute approximate surface area is 164 Å².